The van der Waals surface area contributed by atoms with Gasteiger partial charge in [0, 0.05) is 6.42 Å². The van der Waals surface area contributed by atoms with Crippen molar-refractivity contribution >= 4 is 5.69 Å². The Morgan fingerprint density at radius 2 is 2.00 bits per heavy atom. The number of quaternary nitrogens is 1. The number of unbranched alkanes of at least 4 members (excludes halogenated alkanes) is 1. The number of nitrogens with zero attached hydrogens (tertiary/aromatic N) is 5. The van der Waals surface area contributed by atoms with Gasteiger partial charge in [-0.05, 0) is 41.1 Å². The van der Waals surface area contributed by atoms with Crippen LogP contribution < -0.4 is 9.80 Å². The maximum Gasteiger partial charge on any atom is 0.209 e. The predicted molar refractivity (Wildman–Crippen MR) is 107 cm³/mol. The molecule has 7 nitrogen and oxygen atoms in total. The molecular weight excluding hydrogens is 371 g/mol. The van der Waals surface area contributed by atoms with Crippen LogP contribution in [0, 0.1) is 5.82 Å². The summed E-state index contributed by atoms with van der Waals surface area (Å²) in [5.74, 6) is 1.59. The molecule has 0 bridgehead atoms. The molecule has 2 aromatic heterocycles. The van der Waals surface area contributed by atoms with Crippen molar-refractivity contribution in [3.8, 4) is 0 Å². The van der Waals surface area contributed by atoms with Gasteiger partial charge in [0.15, 0.2) is 0 Å². The van der Waals surface area contributed by atoms with Crippen LogP contribution in [-0.4, -0.2) is 46.4 Å². The summed E-state index contributed by atoms with van der Waals surface area (Å²) in [6.07, 6.45) is 4.95. The highest BCUT2D eigenvalue weighted by Crippen LogP contribution is 2.20. The van der Waals surface area contributed by atoms with E-state index in [-0.39, 0.29) is 11.9 Å². The average Bonchev–Trinajstić information content (AvgIpc) is 3.42. The van der Waals surface area contributed by atoms with Crippen LogP contribution in [0.15, 0.2) is 47.1 Å². The fourth-order valence-electron chi connectivity index (χ4n) is 4.14. The molecule has 154 valence electrons. The molecule has 1 aliphatic rings. The van der Waals surface area contributed by atoms with E-state index in [1.807, 2.05) is 28.9 Å². The third-order valence-corrected chi connectivity index (χ3v) is 5.69. The summed E-state index contributed by atoms with van der Waals surface area (Å²) in [5, 5.41) is 12.5. The van der Waals surface area contributed by atoms with Crippen LogP contribution in [0.5, 0.6) is 0 Å². The Morgan fingerprint density at radius 3 is 2.72 bits per heavy atom. The van der Waals surface area contributed by atoms with Crippen molar-refractivity contribution in [1.29, 1.82) is 0 Å². The van der Waals surface area contributed by atoms with Gasteiger partial charge >= 0.3 is 0 Å². The van der Waals surface area contributed by atoms with E-state index in [1.54, 1.807) is 12.3 Å². The van der Waals surface area contributed by atoms with Gasteiger partial charge in [-0.1, -0.05) is 25.5 Å². The van der Waals surface area contributed by atoms with Crippen LogP contribution in [0.3, 0.4) is 0 Å². The standard InChI is InChI=1S/C21H27FN6O/c1-2-3-9-20(21-23-24-25-28(21)16-17-7-6-15-29-17)27-13-11-26(12-14-27)19-10-5-4-8-18(19)22/h4-8,10,15,20H,2-3,9,11-14,16H2,1H3/p+1/t20-/m1/s1. The van der Waals surface area contributed by atoms with Crippen LogP contribution in [0.1, 0.15) is 43.8 Å². The van der Waals surface area contributed by atoms with Crippen molar-refractivity contribution in [2.45, 2.75) is 38.8 Å². The Bertz CT molecular complexity index is 888. The van der Waals surface area contributed by atoms with Gasteiger partial charge in [-0.2, -0.15) is 0 Å². The molecule has 1 saturated heterocycles. The van der Waals surface area contributed by atoms with Gasteiger partial charge in [0.1, 0.15) is 24.2 Å². The van der Waals surface area contributed by atoms with E-state index in [2.05, 4.69) is 27.3 Å². The smallest absolute Gasteiger partial charge is 0.209 e. The summed E-state index contributed by atoms with van der Waals surface area (Å²) in [4.78, 5) is 3.60. The Morgan fingerprint density at radius 1 is 1.17 bits per heavy atom. The lowest BCUT2D eigenvalue weighted by Crippen LogP contribution is -3.15. The van der Waals surface area contributed by atoms with E-state index >= 15 is 0 Å². The zero-order chi connectivity index (χ0) is 20.1. The van der Waals surface area contributed by atoms with Crippen molar-refractivity contribution < 1.29 is 13.7 Å². The quantitative estimate of drug-likeness (QED) is 0.628. The summed E-state index contributed by atoms with van der Waals surface area (Å²) < 4.78 is 21.5. The van der Waals surface area contributed by atoms with Gasteiger partial charge in [-0.25, -0.2) is 9.07 Å². The largest absolute Gasteiger partial charge is 0.467 e. The number of rotatable bonds is 8. The van der Waals surface area contributed by atoms with Crippen LogP contribution >= 0.6 is 0 Å². The predicted octanol–water partition coefficient (Wildman–Crippen LogP) is 2.09. The monoisotopic (exact) mass is 399 g/mol. The molecule has 8 heteroatoms. The van der Waals surface area contributed by atoms with Gasteiger partial charge in [0.2, 0.25) is 5.82 Å². The highest BCUT2D eigenvalue weighted by Gasteiger charge is 2.33. The van der Waals surface area contributed by atoms with E-state index in [1.165, 1.54) is 11.0 Å². The molecule has 1 fully saturated rings. The highest BCUT2D eigenvalue weighted by atomic mass is 19.1. The van der Waals surface area contributed by atoms with Gasteiger partial charge in [-0.3, -0.25) is 0 Å². The normalized spacial score (nSPS) is 16.3. The van der Waals surface area contributed by atoms with E-state index in [9.17, 15) is 4.39 Å². The summed E-state index contributed by atoms with van der Waals surface area (Å²) in [5.41, 5.74) is 0.694. The first kappa shape index (κ1) is 19.6. The molecule has 1 aliphatic heterocycles. The number of para-hydroxylation sites is 1. The molecule has 0 spiro atoms. The zero-order valence-corrected chi connectivity index (χ0v) is 16.8. The van der Waals surface area contributed by atoms with Crippen molar-refractivity contribution in [3.05, 3.63) is 60.1 Å². The lowest BCUT2D eigenvalue weighted by Gasteiger charge is -2.37. The van der Waals surface area contributed by atoms with Crippen LogP contribution in [0.4, 0.5) is 10.1 Å². The third kappa shape index (κ3) is 4.48. The number of nitrogens with one attached hydrogen (secondary N) is 1. The molecule has 4 rings (SSSR count). The van der Waals surface area contributed by atoms with Crippen LogP contribution in [0.25, 0.3) is 0 Å². The Hall–Kier alpha value is -2.74. The number of aromatic nitrogens is 4. The van der Waals surface area contributed by atoms with Gasteiger partial charge in [0.25, 0.3) is 0 Å². The lowest BCUT2D eigenvalue weighted by atomic mass is 10.1. The second-order valence-corrected chi connectivity index (χ2v) is 7.57. The highest BCUT2D eigenvalue weighted by molar-refractivity contribution is 5.47. The first-order chi connectivity index (χ1) is 14.3. The second-order valence-electron chi connectivity index (χ2n) is 7.57. The van der Waals surface area contributed by atoms with Crippen LogP contribution in [0.2, 0.25) is 0 Å². The van der Waals surface area contributed by atoms with E-state index in [0.29, 0.717) is 12.2 Å². The fourth-order valence-corrected chi connectivity index (χ4v) is 4.14. The molecule has 0 saturated carbocycles. The van der Waals surface area contributed by atoms with E-state index < -0.39 is 0 Å². The summed E-state index contributed by atoms with van der Waals surface area (Å²) >= 11 is 0. The molecule has 1 atom stereocenters. The third-order valence-electron chi connectivity index (χ3n) is 5.69. The molecule has 0 aliphatic carbocycles. The maximum absolute atomic E-state index is 14.2. The number of halogens is 1. The minimum atomic E-state index is -0.152. The van der Waals surface area contributed by atoms with Crippen molar-refractivity contribution in [2.24, 2.45) is 0 Å². The number of benzene rings is 1. The maximum atomic E-state index is 14.2. The lowest BCUT2D eigenvalue weighted by molar-refractivity contribution is -0.933. The van der Waals surface area contributed by atoms with E-state index in [4.69, 9.17) is 4.42 Å². The van der Waals surface area contributed by atoms with Gasteiger partial charge in [0.05, 0.1) is 38.1 Å². The number of furan rings is 1. The molecule has 0 radical (unpaired) electrons. The molecule has 0 amide bonds. The number of hydrogen-bond acceptors (Lipinski definition) is 5. The zero-order valence-electron chi connectivity index (χ0n) is 16.8. The summed E-state index contributed by atoms with van der Waals surface area (Å²) in [6, 6.07) is 11.1. The SMILES string of the molecule is CCCC[C@H](c1nnnn1Cc1ccco1)[NH+]1CCN(c2ccccc2F)CC1. The van der Waals surface area contributed by atoms with Gasteiger partial charge < -0.3 is 14.2 Å². The molecule has 3 aromatic rings. The Labute approximate surface area is 170 Å². The minimum absolute atomic E-state index is 0.152. The first-order valence-corrected chi connectivity index (χ1v) is 10.4. The number of anilines is 1. The minimum Gasteiger partial charge on any atom is -0.467 e. The number of hydrogen-bond donors (Lipinski definition) is 1. The fraction of sp³-hybridized carbons (Fsp3) is 0.476. The molecular formula is C21H28FN6O+. The topological polar surface area (TPSA) is 64.4 Å². The molecule has 29 heavy (non-hydrogen) atoms. The average molecular weight is 399 g/mol. The van der Waals surface area contributed by atoms with Crippen molar-refractivity contribution in [1.82, 2.24) is 20.2 Å². The molecule has 1 aromatic carbocycles. The van der Waals surface area contributed by atoms with Crippen molar-refractivity contribution in [3.63, 3.8) is 0 Å². The Kier molecular flexibility index (Phi) is 6.19. The second kappa shape index (κ2) is 9.17. The number of tetrazole rings is 1. The summed E-state index contributed by atoms with van der Waals surface area (Å²) in [6.45, 7) is 6.23. The van der Waals surface area contributed by atoms with E-state index in [0.717, 1.165) is 57.0 Å². The number of piperazine rings is 1. The first-order valence-electron chi connectivity index (χ1n) is 10.4. The van der Waals surface area contributed by atoms with Crippen LogP contribution in [-0.2, 0) is 6.54 Å². The van der Waals surface area contributed by atoms with Crippen molar-refractivity contribution in [2.75, 3.05) is 31.1 Å². The van der Waals surface area contributed by atoms with Gasteiger partial charge in [-0.15, -0.1) is 5.10 Å². The molecule has 3 heterocycles. The Balaban J connectivity index is 1.48. The molecule has 1 N–H and O–H groups in total. The summed E-state index contributed by atoms with van der Waals surface area (Å²) in [7, 11) is 0. The molecule has 0 unspecified atom stereocenters.